The third kappa shape index (κ3) is 5.07. The molecule has 1 rings (SSSR count). The van der Waals surface area contributed by atoms with Crippen LogP contribution in [0.1, 0.15) is 25.8 Å². The first-order valence-electron chi connectivity index (χ1n) is 7.02. The molecule has 0 spiro atoms. The lowest BCUT2D eigenvalue weighted by Crippen LogP contribution is -2.46. The highest BCUT2D eigenvalue weighted by molar-refractivity contribution is 5.92. The molecule has 21 heavy (non-hydrogen) atoms. The summed E-state index contributed by atoms with van der Waals surface area (Å²) in [5.41, 5.74) is 1.60. The second-order valence-corrected chi connectivity index (χ2v) is 4.99. The number of carboxylic acid groups (broad SMARTS) is 1. The molecule has 2 atom stereocenters. The smallest absolute Gasteiger partial charge is 0.326 e. The van der Waals surface area contributed by atoms with Crippen LogP contribution in [0.5, 0.6) is 0 Å². The van der Waals surface area contributed by atoms with Gasteiger partial charge in [-0.2, -0.15) is 0 Å². The number of carbonyl (C=O) groups excluding carboxylic acids is 1. The lowest BCUT2D eigenvalue weighted by Gasteiger charge is -2.21. The number of para-hydroxylation sites is 1. The SMILES string of the molecule is CC[C@H](C)[C@H](NC(=O)Nc1ccccc1CNC)C(=O)O. The number of hydrogen-bond acceptors (Lipinski definition) is 3. The van der Waals surface area contributed by atoms with E-state index < -0.39 is 18.0 Å². The van der Waals surface area contributed by atoms with Gasteiger partial charge in [0.2, 0.25) is 0 Å². The van der Waals surface area contributed by atoms with E-state index in [9.17, 15) is 14.7 Å². The van der Waals surface area contributed by atoms with E-state index in [0.717, 1.165) is 5.56 Å². The molecule has 0 saturated carbocycles. The summed E-state index contributed by atoms with van der Waals surface area (Å²) in [5, 5.41) is 17.4. The Bertz CT molecular complexity index is 491. The van der Waals surface area contributed by atoms with Gasteiger partial charge in [0.1, 0.15) is 6.04 Å². The largest absolute Gasteiger partial charge is 0.480 e. The monoisotopic (exact) mass is 293 g/mol. The van der Waals surface area contributed by atoms with Gasteiger partial charge in [-0.25, -0.2) is 9.59 Å². The van der Waals surface area contributed by atoms with Gasteiger partial charge in [0.25, 0.3) is 0 Å². The quantitative estimate of drug-likeness (QED) is 0.619. The van der Waals surface area contributed by atoms with Crippen molar-refractivity contribution >= 4 is 17.7 Å². The minimum atomic E-state index is -1.02. The van der Waals surface area contributed by atoms with Crippen molar-refractivity contribution in [1.29, 1.82) is 0 Å². The number of carbonyl (C=O) groups is 2. The van der Waals surface area contributed by atoms with Gasteiger partial charge in [0, 0.05) is 12.2 Å². The molecule has 116 valence electrons. The van der Waals surface area contributed by atoms with E-state index >= 15 is 0 Å². The fourth-order valence-corrected chi connectivity index (χ4v) is 1.97. The molecule has 0 unspecified atom stereocenters. The van der Waals surface area contributed by atoms with Crippen LogP contribution in [-0.2, 0) is 11.3 Å². The van der Waals surface area contributed by atoms with Crippen molar-refractivity contribution in [2.45, 2.75) is 32.9 Å². The highest BCUT2D eigenvalue weighted by Crippen LogP contribution is 2.15. The van der Waals surface area contributed by atoms with Gasteiger partial charge >= 0.3 is 12.0 Å². The van der Waals surface area contributed by atoms with Gasteiger partial charge in [-0.1, -0.05) is 38.5 Å². The molecule has 6 nitrogen and oxygen atoms in total. The van der Waals surface area contributed by atoms with Crippen molar-refractivity contribution in [1.82, 2.24) is 10.6 Å². The number of benzene rings is 1. The second kappa shape index (κ2) is 8.26. The molecular weight excluding hydrogens is 270 g/mol. The topological polar surface area (TPSA) is 90.5 Å². The van der Waals surface area contributed by atoms with E-state index in [1.165, 1.54) is 0 Å². The van der Waals surface area contributed by atoms with Gasteiger partial charge in [-0.3, -0.25) is 0 Å². The first-order valence-corrected chi connectivity index (χ1v) is 7.02. The summed E-state index contributed by atoms with van der Waals surface area (Å²) in [6.45, 7) is 4.31. The molecule has 1 aromatic rings. The molecule has 0 radical (unpaired) electrons. The van der Waals surface area contributed by atoms with E-state index in [0.29, 0.717) is 18.7 Å². The Kier molecular flexibility index (Phi) is 6.68. The van der Waals surface area contributed by atoms with Gasteiger partial charge in [-0.05, 0) is 24.6 Å². The van der Waals surface area contributed by atoms with Crippen molar-refractivity contribution in [2.24, 2.45) is 5.92 Å². The third-order valence-electron chi connectivity index (χ3n) is 3.40. The Morgan fingerprint density at radius 1 is 1.29 bits per heavy atom. The number of nitrogens with one attached hydrogen (secondary N) is 3. The van der Waals surface area contributed by atoms with Crippen LogP contribution in [-0.4, -0.2) is 30.2 Å². The summed E-state index contributed by atoms with van der Waals surface area (Å²) in [4.78, 5) is 23.2. The number of urea groups is 1. The number of aliphatic carboxylic acids is 1. The summed E-state index contributed by atoms with van der Waals surface area (Å²) < 4.78 is 0. The molecule has 0 fully saturated rings. The van der Waals surface area contributed by atoms with Crippen LogP contribution in [0.3, 0.4) is 0 Å². The Labute approximate surface area is 124 Å². The fraction of sp³-hybridized carbons (Fsp3) is 0.467. The Balaban J connectivity index is 2.74. The van der Waals surface area contributed by atoms with Crippen LogP contribution in [0.15, 0.2) is 24.3 Å². The molecule has 2 amide bonds. The van der Waals surface area contributed by atoms with Gasteiger partial charge < -0.3 is 21.1 Å². The van der Waals surface area contributed by atoms with Crippen molar-refractivity contribution in [2.75, 3.05) is 12.4 Å². The first kappa shape index (κ1) is 17.0. The highest BCUT2D eigenvalue weighted by Gasteiger charge is 2.25. The summed E-state index contributed by atoms with van der Waals surface area (Å²) in [6, 6.07) is 5.98. The van der Waals surface area contributed by atoms with E-state index in [1.54, 1.807) is 13.0 Å². The minimum Gasteiger partial charge on any atom is -0.480 e. The van der Waals surface area contributed by atoms with Gasteiger partial charge in [0.15, 0.2) is 0 Å². The van der Waals surface area contributed by atoms with E-state index in [4.69, 9.17) is 0 Å². The van der Waals surface area contributed by atoms with Crippen LogP contribution in [0.25, 0.3) is 0 Å². The number of anilines is 1. The van der Waals surface area contributed by atoms with Gasteiger partial charge in [0.05, 0.1) is 0 Å². The normalized spacial score (nSPS) is 13.3. The van der Waals surface area contributed by atoms with Crippen molar-refractivity contribution in [3.63, 3.8) is 0 Å². The molecule has 0 aliphatic carbocycles. The number of carboxylic acids is 1. The Morgan fingerprint density at radius 2 is 1.95 bits per heavy atom. The summed E-state index contributed by atoms with van der Waals surface area (Å²) in [6.07, 6.45) is 0.674. The number of hydrogen-bond donors (Lipinski definition) is 4. The van der Waals surface area contributed by atoms with Crippen LogP contribution in [0.4, 0.5) is 10.5 Å². The highest BCUT2D eigenvalue weighted by atomic mass is 16.4. The number of rotatable bonds is 7. The zero-order valence-electron chi connectivity index (χ0n) is 12.6. The molecule has 4 N–H and O–H groups in total. The van der Waals surface area contributed by atoms with E-state index in [-0.39, 0.29) is 5.92 Å². The molecule has 0 aliphatic rings. The van der Waals surface area contributed by atoms with Gasteiger partial charge in [-0.15, -0.1) is 0 Å². The average molecular weight is 293 g/mol. The van der Waals surface area contributed by atoms with Crippen LogP contribution in [0, 0.1) is 5.92 Å². The molecular formula is C15H23N3O3. The third-order valence-corrected chi connectivity index (χ3v) is 3.40. The first-order chi connectivity index (χ1) is 9.99. The summed E-state index contributed by atoms with van der Waals surface area (Å²) >= 11 is 0. The maximum absolute atomic E-state index is 12.0. The van der Waals surface area contributed by atoms with E-state index in [2.05, 4.69) is 16.0 Å². The molecule has 1 aromatic carbocycles. The zero-order chi connectivity index (χ0) is 15.8. The molecule has 6 heteroatoms. The molecule has 0 bridgehead atoms. The van der Waals surface area contributed by atoms with Crippen LogP contribution >= 0.6 is 0 Å². The van der Waals surface area contributed by atoms with Crippen molar-refractivity contribution in [3.8, 4) is 0 Å². The Morgan fingerprint density at radius 3 is 2.52 bits per heavy atom. The molecule has 0 aromatic heterocycles. The average Bonchev–Trinajstić information content (AvgIpc) is 2.46. The molecule has 0 saturated heterocycles. The fourth-order valence-electron chi connectivity index (χ4n) is 1.97. The Hall–Kier alpha value is -2.08. The lowest BCUT2D eigenvalue weighted by molar-refractivity contribution is -0.140. The van der Waals surface area contributed by atoms with Crippen LogP contribution < -0.4 is 16.0 Å². The van der Waals surface area contributed by atoms with Crippen molar-refractivity contribution in [3.05, 3.63) is 29.8 Å². The minimum absolute atomic E-state index is 0.138. The summed E-state index contributed by atoms with van der Waals surface area (Å²) in [5.74, 6) is -1.16. The number of amides is 2. The zero-order valence-corrected chi connectivity index (χ0v) is 12.6. The predicted octanol–water partition coefficient (Wildman–Crippen LogP) is 2.03. The van der Waals surface area contributed by atoms with E-state index in [1.807, 2.05) is 32.2 Å². The maximum atomic E-state index is 12.0. The van der Waals surface area contributed by atoms with Crippen molar-refractivity contribution < 1.29 is 14.7 Å². The van der Waals surface area contributed by atoms with Crippen LogP contribution in [0.2, 0.25) is 0 Å². The standard InChI is InChI=1S/C15H23N3O3/c1-4-10(2)13(14(19)20)18-15(21)17-12-8-6-5-7-11(12)9-16-3/h5-8,10,13,16H,4,9H2,1-3H3,(H,19,20)(H2,17,18,21)/t10-,13-/m0/s1. The lowest BCUT2D eigenvalue weighted by atomic mass is 9.99. The summed E-state index contributed by atoms with van der Waals surface area (Å²) in [7, 11) is 1.82. The maximum Gasteiger partial charge on any atom is 0.326 e. The molecule has 0 heterocycles. The predicted molar refractivity (Wildman–Crippen MR) is 82.2 cm³/mol. The second-order valence-electron chi connectivity index (χ2n) is 4.99. The molecule has 0 aliphatic heterocycles.